The number of thiol groups is 1. The van der Waals surface area contributed by atoms with Gasteiger partial charge in [-0.2, -0.15) is 0 Å². The summed E-state index contributed by atoms with van der Waals surface area (Å²) in [5.41, 5.74) is 5.21. The van der Waals surface area contributed by atoms with Crippen LogP contribution in [0.4, 0.5) is 10.5 Å². The van der Waals surface area contributed by atoms with E-state index in [4.69, 9.17) is 5.73 Å². The molecule has 1 rings (SSSR count). The van der Waals surface area contributed by atoms with E-state index in [-0.39, 0.29) is 11.4 Å². The molecule has 2 amide bonds. The molecule has 5 heteroatoms. The van der Waals surface area contributed by atoms with E-state index in [0.29, 0.717) is 0 Å². The van der Waals surface area contributed by atoms with E-state index in [1.807, 2.05) is 0 Å². The number of primary amides is 1. The summed E-state index contributed by atoms with van der Waals surface area (Å²) in [5, 5.41) is 9.23. The number of benzene rings is 1. The molecular formula is C7H8N2O2S. The predicted octanol–water partition coefficient (Wildman–Crippen LogP) is 1.12. The Labute approximate surface area is 75.1 Å². The standard InChI is InChI=1S/C7H8N2O2S/c8-7(11)9(12)5-3-1-2-4-6(5)10/h1-4,10,12H,(H2,8,11). The minimum absolute atomic E-state index is 0.0358. The Bertz CT molecular complexity index is 303. The fourth-order valence-electron chi connectivity index (χ4n) is 0.762. The van der Waals surface area contributed by atoms with Gasteiger partial charge in [-0.3, -0.25) is 0 Å². The van der Waals surface area contributed by atoms with Crippen LogP contribution in [0.5, 0.6) is 5.75 Å². The minimum atomic E-state index is -0.736. The highest BCUT2D eigenvalue weighted by Crippen LogP contribution is 2.26. The van der Waals surface area contributed by atoms with E-state index in [9.17, 15) is 9.90 Å². The van der Waals surface area contributed by atoms with Gasteiger partial charge in [-0.1, -0.05) is 24.9 Å². The maximum atomic E-state index is 10.6. The number of hydrogen-bond acceptors (Lipinski definition) is 3. The van der Waals surface area contributed by atoms with Crippen molar-refractivity contribution in [1.29, 1.82) is 0 Å². The SMILES string of the molecule is NC(=O)N(S)c1ccccc1O. The first-order valence-corrected chi connectivity index (χ1v) is 3.59. The van der Waals surface area contributed by atoms with Crippen molar-refractivity contribution in [1.82, 2.24) is 0 Å². The van der Waals surface area contributed by atoms with Gasteiger partial charge in [0, 0.05) is 0 Å². The van der Waals surface area contributed by atoms with Crippen molar-refractivity contribution in [2.24, 2.45) is 5.73 Å². The van der Waals surface area contributed by atoms with E-state index in [1.165, 1.54) is 12.1 Å². The zero-order chi connectivity index (χ0) is 9.14. The Morgan fingerprint density at radius 3 is 2.58 bits per heavy atom. The summed E-state index contributed by atoms with van der Waals surface area (Å²) in [7, 11) is 0. The van der Waals surface area contributed by atoms with Crippen molar-refractivity contribution < 1.29 is 9.90 Å². The number of carbonyl (C=O) groups excluding carboxylic acids is 1. The number of hydrogen-bond donors (Lipinski definition) is 3. The van der Waals surface area contributed by atoms with Crippen molar-refractivity contribution in [3.8, 4) is 5.75 Å². The normalized spacial score (nSPS) is 9.42. The van der Waals surface area contributed by atoms with Crippen molar-refractivity contribution in [2.75, 3.05) is 4.31 Å². The van der Waals surface area contributed by atoms with Crippen LogP contribution in [0.3, 0.4) is 0 Å². The van der Waals surface area contributed by atoms with Crippen molar-refractivity contribution in [3.63, 3.8) is 0 Å². The van der Waals surface area contributed by atoms with Gasteiger partial charge in [-0.05, 0) is 12.1 Å². The number of nitrogens with zero attached hydrogens (tertiary/aromatic N) is 1. The Morgan fingerprint density at radius 1 is 1.50 bits per heavy atom. The zero-order valence-electron chi connectivity index (χ0n) is 6.14. The molecule has 0 radical (unpaired) electrons. The highest BCUT2D eigenvalue weighted by molar-refractivity contribution is 7.82. The number of nitrogens with two attached hydrogens (primary N) is 1. The zero-order valence-corrected chi connectivity index (χ0v) is 7.03. The van der Waals surface area contributed by atoms with Gasteiger partial charge in [-0.15, -0.1) is 0 Å². The van der Waals surface area contributed by atoms with Gasteiger partial charge in [0.05, 0.1) is 5.69 Å². The molecule has 64 valence electrons. The first-order chi connectivity index (χ1) is 5.63. The van der Waals surface area contributed by atoms with Crippen LogP contribution in [0.2, 0.25) is 0 Å². The van der Waals surface area contributed by atoms with Gasteiger partial charge in [0.1, 0.15) is 5.75 Å². The summed E-state index contributed by atoms with van der Waals surface area (Å²) >= 11 is 3.78. The Kier molecular flexibility index (Phi) is 2.44. The summed E-state index contributed by atoms with van der Waals surface area (Å²) < 4.78 is 0.870. The molecule has 12 heavy (non-hydrogen) atoms. The van der Waals surface area contributed by atoms with Crippen LogP contribution >= 0.6 is 12.8 Å². The molecule has 0 aliphatic heterocycles. The lowest BCUT2D eigenvalue weighted by molar-refractivity contribution is 0.257. The summed E-state index contributed by atoms with van der Waals surface area (Å²) in [6, 6.07) is 5.55. The molecule has 0 saturated carbocycles. The highest BCUT2D eigenvalue weighted by atomic mass is 32.1. The van der Waals surface area contributed by atoms with Gasteiger partial charge in [0.2, 0.25) is 0 Å². The number of para-hydroxylation sites is 2. The average molecular weight is 184 g/mol. The number of urea groups is 1. The summed E-state index contributed by atoms with van der Waals surface area (Å²) in [4.78, 5) is 10.6. The van der Waals surface area contributed by atoms with Crippen LogP contribution in [0.15, 0.2) is 24.3 Å². The number of amides is 2. The lowest BCUT2D eigenvalue weighted by atomic mass is 10.3. The van der Waals surface area contributed by atoms with Gasteiger partial charge in [-0.25, -0.2) is 9.10 Å². The fraction of sp³-hybridized carbons (Fsp3) is 0. The molecule has 0 atom stereocenters. The van der Waals surface area contributed by atoms with Crippen LogP contribution in [0, 0.1) is 0 Å². The second-order valence-electron chi connectivity index (χ2n) is 2.14. The Morgan fingerprint density at radius 2 is 2.08 bits per heavy atom. The van der Waals surface area contributed by atoms with Gasteiger partial charge in [0.15, 0.2) is 0 Å². The Hall–Kier alpha value is -1.36. The van der Waals surface area contributed by atoms with Crippen LogP contribution in [0.1, 0.15) is 0 Å². The number of carbonyl (C=O) groups is 1. The predicted molar refractivity (Wildman–Crippen MR) is 49.2 cm³/mol. The molecule has 0 aromatic heterocycles. The van der Waals surface area contributed by atoms with E-state index in [0.717, 1.165) is 4.31 Å². The minimum Gasteiger partial charge on any atom is -0.506 e. The summed E-state index contributed by atoms with van der Waals surface area (Å²) in [5.74, 6) is -0.0358. The number of rotatable bonds is 1. The van der Waals surface area contributed by atoms with Crippen LogP contribution in [0.25, 0.3) is 0 Å². The second kappa shape index (κ2) is 3.36. The fourth-order valence-corrected chi connectivity index (χ4v) is 0.931. The molecule has 3 N–H and O–H groups in total. The maximum absolute atomic E-state index is 10.6. The first kappa shape index (κ1) is 8.73. The van der Waals surface area contributed by atoms with Crippen molar-refractivity contribution in [3.05, 3.63) is 24.3 Å². The van der Waals surface area contributed by atoms with Gasteiger partial charge >= 0.3 is 6.03 Å². The van der Waals surface area contributed by atoms with Gasteiger partial charge in [0.25, 0.3) is 0 Å². The molecule has 0 aliphatic rings. The molecule has 0 bridgehead atoms. The maximum Gasteiger partial charge on any atom is 0.329 e. The molecule has 0 spiro atoms. The van der Waals surface area contributed by atoms with E-state index >= 15 is 0 Å². The lowest BCUT2D eigenvalue weighted by Crippen LogP contribution is -2.27. The molecular weight excluding hydrogens is 176 g/mol. The van der Waals surface area contributed by atoms with Crippen molar-refractivity contribution >= 4 is 24.5 Å². The summed E-state index contributed by atoms with van der Waals surface area (Å²) in [6.07, 6.45) is 0. The summed E-state index contributed by atoms with van der Waals surface area (Å²) in [6.45, 7) is 0. The number of aromatic hydroxyl groups is 1. The number of phenols is 1. The topological polar surface area (TPSA) is 66.6 Å². The van der Waals surface area contributed by atoms with Crippen LogP contribution in [-0.4, -0.2) is 11.1 Å². The molecule has 0 saturated heterocycles. The van der Waals surface area contributed by atoms with E-state index in [1.54, 1.807) is 12.1 Å². The van der Waals surface area contributed by atoms with Crippen LogP contribution in [-0.2, 0) is 0 Å². The third-order valence-corrected chi connectivity index (χ3v) is 1.73. The highest BCUT2D eigenvalue weighted by Gasteiger charge is 2.10. The number of phenolic OH excluding ortho intramolecular Hbond substituents is 1. The molecule has 0 fully saturated rings. The quantitative estimate of drug-likeness (QED) is 0.572. The van der Waals surface area contributed by atoms with E-state index < -0.39 is 6.03 Å². The largest absolute Gasteiger partial charge is 0.506 e. The smallest absolute Gasteiger partial charge is 0.329 e. The number of anilines is 1. The molecule has 0 aliphatic carbocycles. The molecule has 0 heterocycles. The average Bonchev–Trinajstić information content (AvgIpc) is 2.04. The lowest BCUT2D eigenvalue weighted by Gasteiger charge is -2.13. The Balaban J connectivity index is 3.02. The second-order valence-corrected chi connectivity index (χ2v) is 2.54. The van der Waals surface area contributed by atoms with Crippen LogP contribution < -0.4 is 10.0 Å². The van der Waals surface area contributed by atoms with Crippen molar-refractivity contribution in [2.45, 2.75) is 0 Å². The monoisotopic (exact) mass is 184 g/mol. The van der Waals surface area contributed by atoms with Gasteiger partial charge < -0.3 is 10.8 Å². The molecule has 1 aromatic rings. The molecule has 1 aromatic carbocycles. The van der Waals surface area contributed by atoms with E-state index in [2.05, 4.69) is 12.8 Å². The molecule has 0 unspecified atom stereocenters. The third-order valence-electron chi connectivity index (χ3n) is 1.32. The molecule has 4 nitrogen and oxygen atoms in total. The first-order valence-electron chi connectivity index (χ1n) is 3.19. The third kappa shape index (κ3) is 1.62.